The molecule has 2 fully saturated rings. The van der Waals surface area contributed by atoms with Gasteiger partial charge in [-0.05, 0) is 49.8 Å². The van der Waals surface area contributed by atoms with E-state index in [-0.39, 0.29) is 16.7 Å². The number of aromatic amines is 1. The Labute approximate surface area is 157 Å². The molecule has 7 heteroatoms. The van der Waals surface area contributed by atoms with E-state index in [2.05, 4.69) is 9.88 Å². The van der Waals surface area contributed by atoms with Crippen molar-refractivity contribution in [2.45, 2.75) is 32.7 Å². The summed E-state index contributed by atoms with van der Waals surface area (Å²) < 4.78 is 12.3. The molecule has 1 aromatic carbocycles. The van der Waals surface area contributed by atoms with E-state index >= 15 is 0 Å². The van der Waals surface area contributed by atoms with Crippen LogP contribution in [0.25, 0.3) is 10.9 Å². The lowest BCUT2D eigenvalue weighted by Gasteiger charge is -2.29. The molecule has 1 N–H and O–H groups in total. The van der Waals surface area contributed by atoms with Crippen molar-refractivity contribution >= 4 is 16.6 Å². The van der Waals surface area contributed by atoms with Crippen LogP contribution in [0.4, 0.5) is 5.69 Å². The van der Waals surface area contributed by atoms with Crippen LogP contribution in [0.5, 0.6) is 0 Å². The number of nitrogens with zero attached hydrogens (tertiary/aromatic N) is 2. The van der Waals surface area contributed by atoms with E-state index in [1.807, 2.05) is 25.1 Å². The molecule has 4 rings (SSSR count). The van der Waals surface area contributed by atoms with Crippen LogP contribution in [0, 0.1) is 5.41 Å². The largest absolute Gasteiger partial charge is 0.382 e. The first-order valence-electron chi connectivity index (χ1n) is 9.79. The normalized spacial score (nSPS) is 18.8. The van der Waals surface area contributed by atoms with Crippen LogP contribution >= 0.6 is 0 Å². The number of benzene rings is 1. The van der Waals surface area contributed by atoms with E-state index in [1.165, 1.54) is 4.57 Å². The lowest BCUT2D eigenvalue weighted by atomic mass is 10.0. The van der Waals surface area contributed by atoms with Gasteiger partial charge in [0.25, 0.3) is 5.56 Å². The SMILES string of the molecule is CCOCCC1(Cn2c(=O)[nH]c3ccc(N4CCOCC4)cc3c2=O)CC1. The number of fused-ring (bicyclic) bond motifs is 1. The zero-order chi connectivity index (χ0) is 18.9. The fourth-order valence-electron chi connectivity index (χ4n) is 3.83. The molecular weight excluding hydrogens is 346 g/mol. The summed E-state index contributed by atoms with van der Waals surface area (Å²) in [7, 11) is 0. The maximum Gasteiger partial charge on any atom is 0.328 e. The molecule has 1 saturated heterocycles. The average molecular weight is 373 g/mol. The third-order valence-corrected chi connectivity index (χ3v) is 5.77. The number of nitrogens with one attached hydrogen (secondary N) is 1. The molecule has 0 atom stereocenters. The first-order chi connectivity index (χ1) is 13.1. The van der Waals surface area contributed by atoms with Crippen LogP contribution in [0.15, 0.2) is 27.8 Å². The number of rotatable bonds is 7. The standard InChI is InChI=1S/C20H27N3O4/c1-2-26-10-7-20(5-6-20)14-23-18(24)16-13-15(22-8-11-27-12-9-22)3-4-17(16)21-19(23)25/h3-4,13H,2,5-12,14H2,1H3,(H,21,25). The van der Waals surface area contributed by atoms with Gasteiger partial charge in [-0.15, -0.1) is 0 Å². The summed E-state index contributed by atoms with van der Waals surface area (Å²) in [6, 6.07) is 5.68. The highest BCUT2D eigenvalue weighted by Gasteiger charge is 2.43. The Morgan fingerprint density at radius 2 is 2.00 bits per heavy atom. The van der Waals surface area contributed by atoms with Gasteiger partial charge in [-0.3, -0.25) is 9.36 Å². The van der Waals surface area contributed by atoms with E-state index in [9.17, 15) is 9.59 Å². The summed E-state index contributed by atoms with van der Waals surface area (Å²) in [6.45, 7) is 6.81. The van der Waals surface area contributed by atoms with E-state index in [4.69, 9.17) is 9.47 Å². The summed E-state index contributed by atoms with van der Waals surface area (Å²) in [5.41, 5.74) is 1.10. The second-order valence-electron chi connectivity index (χ2n) is 7.60. The highest BCUT2D eigenvalue weighted by atomic mass is 16.5. The molecule has 1 aliphatic heterocycles. The van der Waals surface area contributed by atoms with Gasteiger partial charge in [0.15, 0.2) is 0 Å². The van der Waals surface area contributed by atoms with Crippen LogP contribution in [-0.4, -0.2) is 49.1 Å². The van der Waals surface area contributed by atoms with E-state index < -0.39 is 0 Å². The second kappa shape index (κ2) is 7.48. The molecule has 0 spiro atoms. The average Bonchev–Trinajstić information content (AvgIpc) is 3.46. The number of hydrogen-bond acceptors (Lipinski definition) is 5. The van der Waals surface area contributed by atoms with Crippen LogP contribution < -0.4 is 16.1 Å². The van der Waals surface area contributed by atoms with Crippen LogP contribution in [0.1, 0.15) is 26.2 Å². The van der Waals surface area contributed by atoms with Gasteiger partial charge in [0.05, 0.1) is 24.1 Å². The molecule has 0 bridgehead atoms. The molecule has 0 radical (unpaired) electrons. The third kappa shape index (κ3) is 3.80. The highest BCUT2D eigenvalue weighted by Crippen LogP contribution is 2.49. The Balaban J connectivity index is 1.65. The summed E-state index contributed by atoms with van der Waals surface area (Å²) in [5, 5.41) is 0.569. The maximum atomic E-state index is 13.1. The fraction of sp³-hybridized carbons (Fsp3) is 0.600. The molecule has 2 aliphatic rings. The van der Waals surface area contributed by atoms with Crippen molar-refractivity contribution in [2.75, 3.05) is 44.4 Å². The minimum absolute atomic E-state index is 0.0293. The minimum atomic E-state index is -0.325. The predicted octanol–water partition coefficient (Wildman–Crippen LogP) is 1.73. The Morgan fingerprint density at radius 3 is 2.70 bits per heavy atom. The number of ether oxygens (including phenoxy) is 2. The number of aromatic nitrogens is 2. The van der Waals surface area contributed by atoms with Crippen molar-refractivity contribution in [3.05, 3.63) is 39.0 Å². The zero-order valence-corrected chi connectivity index (χ0v) is 15.8. The molecular formula is C20H27N3O4. The summed E-state index contributed by atoms with van der Waals surface area (Å²) in [5.74, 6) is 0. The van der Waals surface area contributed by atoms with Gasteiger partial charge >= 0.3 is 5.69 Å². The van der Waals surface area contributed by atoms with Gasteiger partial charge in [-0.1, -0.05) is 0 Å². The highest BCUT2D eigenvalue weighted by molar-refractivity contribution is 5.81. The smallest absolute Gasteiger partial charge is 0.328 e. The second-order valence-corrected chi connectivity index (χ2v) is 7.60. The molecule has 1 saturated carbocycles. The molecule has 7 nitrogen and oxygen atoms in total. The Morgan fingerprint density at radius 1 is 1.22 bits per heavy atom. The van der Waals surface area contributed by atoms with Crippen LogP contribution in [0.3, 0.4) is 0 Å². The van der Waals surface area contributed by atoms with Crippen molar-refractivity contribution in [3.8, 4) is 0 Å². The first kappa shape index (κ1) is 18.3. The van der Waals surface area contributed by atoms with Gasteiger partial charge in [0.2, 0.25) is 0 Å². The van der Waals surface area contributed by atoms with Gasteiger partial charge in [0, 0.05) is 38.5 Å². The Kier molecular flexibility index (Phi) is 5.06. The van der Waals surface area contributed by atoms with Crippen molar-refractivity contribution in [2.24, 2.45) is 5.41 Å². The van der Waals surface area contributed by atoms with E-state index in [0.29, 0.717) is 43.9 Å². The van der Waals surface area contributed by atoms with E-state index in [0.717, 1.165) is 38.0 Å². The molecule has 0 unspecified atom stereocenters. The molecule has 2 heterocycles. The zero-order valence-electron chi connectivity index (χ0n) is 15.8. The first-order valence-corrected chi connectivity index (χ1v) is 9.79. The molecule has 146 valence electrons. The fourth-order valence-corrected chi connectivity index (χ4v) is 3.83. The van der Waals surface area contributed by atoms with Crippen LogP contribution in [-0.2, 0) is 16.0 Å². The third-order valence-electron chi connectivity index (χ3n) is 5.77. The maximum absolute atomic E-state index is 13.1. The molecule has 0 amide bonds. The number of anilines is 1. The lowest BCUT2D eigenvalue weighted by molar-refractivity contribution is 0.122. The monoisotopic (exact) mass is 373 g/mol. The predicted molar refractivity (Wildman–Crippen MR) is 105 cm³/mol. The molecule has 1 aliphatic carbocycles. The van der Waals surface area contributed by atoms with E-state index in [1.54, 1.807) is 0 Å². The van der Waals surface area contributed by atoms with Crippen LogP contribution in [0.2, 0.25) is 0 Å². The van der Waals surface area contributed by atoms with Crippen molar-refractivity contribution in [1.29, 1.82) is 0 Å². The molecule has 1 aromatic heterocycles. The van der Waals surface area contributed by atoms with Gasteiger partial charge < -0.3 is 19.4 Å². The topological polar surface area (TPSA) is 76.6 Å². The number of morpholine rings is 1. The van der Waals surface area contributed by atoms with Gasteiger partial charge in [-0.25, -0.2) is 4.79 Å². The summed E-state index contributed by atoms with van der Waals surface area (Å²) >= 11 is 0. The van der Waals surface area contributed by atoms with Crippen molar-refractivity contribution in [1.82, 2.24) is 9.55 Å². The van der Waals surface area contributed by atoms with Crippen molar-refractivity contribution in [3.63, 3.8) is 0 Å². The summed E-state index contributed by atoms with van der Waals surface area (Å²) in [4.78, 5) is 30.7. The number of H-pyrrole nitrogens is 1. The molecule has 2 aromatic rings. The van der Waals surface area contributed by atoms with Gasteiger partial charge in [0.1, 0.15) is 0 Å². The lowest BCUT2D eigenvalue weighted by Crippen LogP contribution is -2.38. The Hall–Kier alpha value is -2.12. The summed E-state index contributed by atoms with van der Waals surface area (Å²) in [6.07, 6.45) is 2.97. The minimum Gasteiger partial charge on any atom is -0.382 e. The Bertz CT molecular complexity index is 923. The van der Waals surface area contributed by atoms with Gasteiger partial charge in [-0.2, -0.15) is 0 Å². The quantitative estimate of drug-likeness (QED) is 0.748. The number of hydrogen-bond donors (Lipinski definition) is 1. The van der Waals surface area contributed by atoms with Crippen molar-refractivity contribution < 1.29 is 9.47 Å². The molecule has 27 heavy (non-hydrogen) atoms.